The zero-order chi connectivity index (χ0) is 31.9. The number of rotatable bonds is 3. The van der Waals surface area contributed by atoms with Crippen molar-refractivity contribution in [2.24, 2.45) is 10.8 Å². The molecule has 3 aromatic heterocycles. The number of furan rings is 2. The number of fused-ring (bicyclic) bond motifs is 6. The number of nitrogens with zero attached hydrogens (tertiary/aromatic N) is 1. The molecule has 0 aliphatic heterocycles. The molecule has 235 valence electrons. The molecule has 0 bridgehead atoms. The van der Waals surface area contributed by atoms with Gasteiger partial charge in [-0.1, -0.05) is 84.0 Å². The van der Waals surface area contributed by atoms with Crippen molar-refractivity contribution < 1.29 is 38.8 Å². The molecule has 0 saturated carbocycles. The SMILES string of the molecule is CC(C)(C)C(=O)/C=C(\O)C(C)(C)C.[Ir].[c-]1ccccc1-c1cc(-c2c3oc4ccccc4c3cc3oc4ccccc4c23)ccn1. The van der Waals surface area contributed by atoms with Crippen LogP contribution >= 0.6 is 0 Å². The molecule has 1 N–H and O–H groups in total. The van der Waals surface area contributed by atoms with Crippen molar-refractivity contribution in [2.45, 2.75) is 41.5 Å². The number of hydrogen-bond donors (Lipinski definition) is 1. The van der Waals surface area contributed by atoms with Crippen LogP contribution in [0.25, 0.3) is 66.3 Å². The van der Waals surface area contributed by atoms with Gasteiger partial charge >= 0.3 is 0 Å². The van der Waals surface area contributed by atoms with Crippen LogP contribution in [-0.2, 0) is 24.9 Å². The first-order valence-electron chi connectivity index (χ1n) is 15.1. The summed E-state index contributed by atoms with van der Waals surface area (Å²) < 4.78 is 12.7. The largest absolute Gasteiger partial charge is 0.512 e. The van der Waals surface area contributed by atoms with E-state index in [0.29, 0.717) is 0 Å². The number of carbonyl (C=O) groups excluding carboxylic acids is 1. The molecule has 0 amide bonds. The standard InChI is InChI=1S/C29H16NO2.C11H20O2.Ir/c1-2-8-18(9-3-1)23-16-19(14-15-30-23)27-28-21-11-5-7-13-25(21)31-26(28)17-22-20-10-4-6-12-24(20)32-29(22)27;1-10(2,3)8(12)7-9(13)11(4,5)6;/h1-8,10-17H;7,12H,1-6H3;/q-1;;/b;8-7-;. The molecule has 0 aliphatic rings. The van der Waals surface area contributed by atoms with Crippen LogP contribution in [0.5, 0.6) is 0 Å². The molecule has 46 heavy (non-hydrogen) atoms. The van der Waals surface area contributed by atoms with Crippen LogP contribution in [0.15, 0.2) is 118 Å². The van der Waals surface area contributed by atoms with E-state index in [-0.39, 0.29) is 37.1 Å². The average molecular weight is 787 g/mol. The van der Waals surface area contributed by atoms with Gasteiger partial charge in [0, 0.05) is 70.3 Å². The van der Waals surface area contributed by atoms with Gasteiger partial charge < -0.3 is 18.9 Å². The van der Waals surface area contributed by atoms with E-state index in [1.54, 1.807) is 0 Å². The fourth-order valence-electron chi connectivity index (χ4n) is 5.18. The minimum absolute atomic E-state index is 0. The van der Waals surface area contributed by atoms with Gasteiger partial charge in [0.2, 0.25) is 0 Å². The molecule has 7 rings (SSSR count). The van der Waals surface area contributed by atoms with E-state index < -0.39 is 5.41 Å². The van der Waals surface area contributed by atoms with E-state index in [1.807, 2.05) is 114 Å². The quantitative estimate of drug-likeness (QED) is 0.110. The fourth-order valence-corrected chi connectivity index (χ4v) is 5.18. The summed E-state index contributed by atoms with van der Waals surface area (Å²) in [7, 11) is 0. The molecule has 0 unspecified atom stereocenters. The van der Waals surface area contributed by atoms with Crippen molar-refractivity contribution in [3.05, 3.63) is 115 Å². The Morgan fingerprint density at radius 1 is 0.761 bits per heavy atom. The summed E-state index contributed by atoms with van der Waals surface area (Å²) in [4.78, 5) is 16.1. The third-order valence-corrected chi connectivity index (χ3v) is 7.82. The molecule has 0 spiro atoms. The predicted octanol–water partition coefficient (Wildman–Crippen LogP) is 11.1. The molecule has 5 nitrogen and oxygen atoms in total. The summed E-state index contributed by atoms with van der Waals surface area (Å²) in [5.74, 6) is 0.104. The molecule has 0 saturated heterocycles. The molecule has 7 aromatic rings. The van der Waals surface area contributed by atoms with Gasteiger partial charge in [-0.05, 0) is 35.5 Å². The molecule has 0 aliphatic carbocycles. The maximum absolute atomic E-state index is 11.5. The number of aliphatic hydroxyl groups is 1. The summed E-state index contributed by atoms with van der Waals surface area (Å²) in [6, 6.07) is 33.7. The monoisotopic (exact) mass is 787 g/mol. The molecule has 1 radical (unpaired) electrons. The van der Waals surface area contributed by atoms with Gasteiger partial charge in [0.25, 0.3) is 0 Å². The van der Waals surface area contributed by atoms with Crippen molar-refractivity contribution in [3.8, 4) is 22.4 Å². The van der Waals surface area contributed by atoms with Crippen molar-refractivity contribution >= 4 is 49.7 Å². The maximum Gasteiger partial charge on any atom is 0.164 e. The van der Waals surface area contributed by atoms with E-state index in [0.717, 1.165) is 66.3 Å². The second kappa shape index (κ2) is 12.7. The number of aliphatic hydroxyl groups excluding tert-OH is 1. The Morgan fingerprint density at radius 3 is 2.07 bits per heavy atom. The normalized spacial score (nSPS) is 12.3. The number of ketones is 1. The number of aromatic nitrogens is 1. The smallest absolute Gasteiger partial charge is 0.164 e. The van der Waals surface area contributed by atoms with Crippen molar-refractivity contribution in [2.75, 3.05) is 0 Å². The molecule has 0 atom stereocenters. The summed E-state index contributed by atoms with van der Waals surface area (Å²) in [6.07, 6.45) is 3.18. The number of carbonyl (C=O) groups is 1. The summed E-state index contributed by atoms with van der Waals surface area (Å²) >= 11 is 0. The fraction of sp³-hybridized carbons (Fsp3) is 0.200. The number of allylic oxidation sites excluding steroid dienone is 2. The zero-order valence-electron chi connectivity index (χ0n) is 26.8. The van der Waals surface area contributed by atoms with Gasteiger partial charge in [-0.25, -0.2) is 0 Å². The Morgan fingerprint density at radius 2 is 1.41 bits per heavy atom. The van der Waals surface area contributed by atoms with Crippen LogP contribution in [0.3, 0.4) is 0 Å². The Bertz CT molecular complexity index is 2200. The third-order valence-electron chi connectivity index (χ3n) is 7.82. The van der Waals surface area contributed by atoms with E-state index in [9.17, 15) is 9.90 Å². The van der Waals surface area contributed by atoms with Gasteiger partial charge in [-0.2, -0.15) is 0 Å². The Kier molecular flexibility index (Phi) is 9.08. The van der Waals surface area contributed by atoms with Crippen LogP contribution in [0.1, 0.15) is 41.5 Å². The van der Waals surface area contributed by atoms with Gasteiger partial charge in [-0.3, -0.25) is 4.79 Å². The number of hydrogen-bond acceptors (Lipinski definition) is 5. The van der Waals surface area contributed by atoms with Crippen LogP contribution in [0, 0.1) is 16.9 Å². The van der Waals surface area contributed by atoms with E-state index in [1.165, 1.54) is 6.08 Å². The maximum atomic E-state index is 11.5. The third kappa shape index (κ3) is 6.42. The van der Waals surface area contributed by atoms with Crippen LogP contribution in [-0.4, -0.2) is 15.9 Å². The first-order valence-corrected chi connectivity index (χ1v) is 15.1. The Hall–Kier alpha value is -4.51. The van der Waals surface area contributed by atoms with Gasteiger partial charge in [-0.15, -0.1) is 35.9 Å². The number of pyridine rings is 1. The summed E-state index contributed by atoms with van der Waals surface area (Å²) in [5, 5.41) is 13.8. The minimum atomic E-state index is -0.417. The molecular formula is C40H36IrNO4-. The van der Waals surface area contributed by atoms with Gasteiger partial charge in [0.15, 0.2) is 5.78 Å². The number of para-hydroxylation sites is 2. The van der Waals surface area contributed by atoms with Crippen LogP contribution < -0.4 is 0 Å². The second-order valence-corrected chi connectivity index (χ2v) is 13.3. The summed E-state index contributed by atoms with van der Waals surface area (Å²) in [5.41, 5.74) is 6.57. The van der Waals surface area contributed by atoms with E-state index in [4.69, 9.17) is 8.83 Å². The molecule has 0 fully saturated rings. The second-order valence-electron chi connectivity index (χ2n) is 13.3. The van der Waals surface area contributed by atoms with Crippen molar-refractivity contribution in [1.82, 2.24) is 4.98 Å². The molecule has 6 heteroatoms. The van der Waals surface area contributed by atoms with Crippen molar-refractivity contribution in [3.63, 3.8) is 0 Å². The molecule has 4 aromatic carbocycles. The van der Waals surface area contributed by atoms with E-state index >= 15 is 0 Å². The average Bonchev–Trinajstić information content (AvgIpc) is 3.58. The Labute approximate surface area is 282 Å². The predicted molar refractivity (Wildman–Crippen MR) is 183 cm³/mol. The topological polar surface area (TPSA) is 76.5 Å². The molecule has 3 heterocycles. The first kappa shape index (κ1) is 32.9. The van der Waals surface area contributed by atoms with Crippen LogP contribution in [0.4, 0.5) is 0 Å². The molecular weight excluding hydrogens is 751 g/mol. The summed E-state index contributed by atoms with van der Waals surface area (Å²) in [6.45, 7) is 11.1. The van der Waals surface area contributed by atoms with Crippen LogP contribution in [0.2, 0.25) is 0 Å². The number of benzene rings is 4. The zero-order valence-corrected chi connectivity index (χ0v) is 29.2. The van der Waals surface area contributed by atoms with Gasteiger partial charge in [0.05, 0.1) is 0 Å². The van der Waals surface area contributed by atoms with Crippen molar-refractivity contribution in [1.29, 1.82) is 0 Å². The van der Waals surface area contributed by atoms with Gasteiger partial charge in [0.1, 0.15) is 28.1 Å². The first-order chi connectivity index (χ1) is 21.4. The van der Waals surface area contributed by atoms with E-state index in [2.05, 4.69) is 35.3 Å². The Balaban J connectivity index is 0.000000256. The minimum Gasteiger partial charge on any atom is -0.512 e.